The van der Waals surface area contributed by atoms with E-state index in [1.54, 1.807) is 0 Å². The summed E-state index contributed by atoms with van der Waals surface area (Å²) in [6.45, 7) is 0.370. The highest BCUT2D eigenvalue weighted by atomic mass is 16.6. The number of carbonyl (C=O) groups is 1. The van der Waals surface area contributed by atoms with Crippen molar-refractivity contribution in [1.29, 1.82) is 0 Å². The molecule has 1 aliphatic carbocycles. The summed E-state index contributed by atoms with van der Waals surface area (Å²) >= 11 is 0. The van der Waals surface area contributed by atoms with Crippen molar-refractivity contribution in [2.45, 2.75) is 43.7 Å². The highest BCUT2D eigenvalue weighted by Gasteiger charge is 2.39. The Labute approximate surface area is 194 Å². The third kappa shape index (κ3) is 3.50. The summed E-state index contributed by atoms with van der Waals surface area (Å²) in [4.78, 5) is 15.3. The number of carbonyl (C=O) groups excluding carboxylic acids is 1. The third-order valence-electron chi connectivity index (χ3n) is 7.44. The number of hydrogen-bond acceptors (Lipinski definition) is 3. The summed E-state index contributed by atoms with van der Waals surface area (Å²) in [6, 6.07) is 25.2. The van der Waals surface area contributed by atoms with E-state index in [-0.39, 0.29) is 24.1 Å². The number of fused-ring (bicyclic) bond motifs is 5. The Kier molecular flexibility index (Phi) is 4.94. The fraction of sp³-hybridized carbons (Fsp3) is 0.276. The van der Waals surface area contributed by atoms with E-state index in [2.05, 4.69) is 60.7 Å². The number of nitrogens with zero attached hydrogens (tertiary/aromatic N) is 1. The molecule has 2 N–H and O–H groups in total. The zero-order chi connectivity index (χ0) is 22.4. The van der Waals surface area contributed by atoms with Crippen LogP contribution in [0.15, 0.2) is 78.9 Å². The Balaban J connectivity index is 1.22. The normalized spacial score (nSPS) is 21.2. The molecular formula is C29H28N2O2. The lowest BCUT2D eigenvalue weighted by Crippen LogP contribution is -2.51. The summed E-state index contributed by atoms with van der Waals surface area (Å²) in [6.07, 6.45) is 6.06. The lowest BCUT2D eigenvalue weighted by atomic mass is 9.83. The van der Waals surface area contributed by atoms with Crippen molar-refractivity contribution in [2.24, 2.45) is 0 Å². The molecule has 2 unspecified atom stereocenters. The van der Waals surface area contributed by atoms with Crippen LogP contribution in [-0.2, 0) is 4.74 Å². The molecule has 3 aliphatic rings. The number of benzene rings is 3. The maximum Gasteiger partial charge on any atom is 0.410 e. The van der Waals surface area contributed by atoms with Crippen LogP contribution < -0.4 is 5.73 Å². The van der Waals surface area contributed by atoms with Gasteiger partial charge in [0.05, 0.1) is 6.04 Å². The zero-order valence-corrected chi connectivity index (χ0v) is 18.6. The average Bonchev–Trinajstić information content (AvgIpc) is 3.15. The lowest BCUT2D eigenvalue weighted by Gasteiger charge is -2.44. The van der Waals surface area contributed by atoms with Crippen molar-refractivity contribution in [3.05, 3.63) is 95.6 Å². The first-order valence-corrected chi connectivity index (χ1v) is 11.9. The summed E-state index contributed by atoms with van der Waals surface area (Å²) in [5, 5.41) is 0. The van der Waals surface area contributed by atoms with Gasteiger partial charge in [0.2, 0.25) is 0 Å². The smallest absolute Gasteiger partial charge is 0.410 e. The molecule has 0 aromatic heterocycles. The van der Waals surface area contributed by atoms with Crippen molar-refractivity contribution in [2.75, 3.05) is 12.3 Å². The van der Waals surface area contributed by atoms with Crippen molar-refractivity contribution in [3.8, 4) is 11.1 Å². The molecule has 1 fully saturated rings. The van der Waals surface area contributed by atoms with Gasteiger partial charge in [0, 0.05) is 17.6 Å². The number of rotatable bonds is 3. The molecule has 0 saturated carbocycles. The predicted molar refractivity (Wildman–Crippen MR) is 132 cm³/mol. The molecule has 2 bridgehead atoms. The quantitative estimate of drug-likeness (QED) is 0.495. The van der Waals surface area contributed by atoms with Gasteiger partial charge in [-0.05, 0) is 71.2 Å². The Hall–Kier alpha value is -3.53. The van der Waals surface area contributed by atoms with Gasteiger partial charge in [-0.2, -0.15) is 0 Å². The predicted octanol–water partition coefficient (Wildman–Crippen LogP) is 6.23. The van der Waals surface area contributed by atoms with Gasteiger partial charge >= 0.3 is 6.09 Å². The lowest BCUT2D eigenvalue weighted by molar-refractivity contribution is 0.0539. The first-order valence-electron chi connectivity index (χ1n) is 11.9. The van der Waals surface area contributed by atoms with Gasteiger partial charge in [-0.3, -0.25) is 4.90 Å². The molecule has 4 heteroatoms. The number of amides is 1. The molecule has 3 aromatic rings. The highest BCUT2D eigenvalue weighted by molar-refractivity contribution is 5.79. The minimum Gasteiger partial charge on any atom is -0.448 e. The van der Waals surface area contributed by atoms with Crippen LogP contribution in [0.3, 0.4) is 0 Å². The molecule has 6 rings (SSSR count). The van der Waals surface area contributed by atoms with Crippen LogP contribution >= 0.6 is 0 Å². The maximum absolute atomic E-state index is 13.3. The molecule has 0 radical (unpaired) electrons. The van der Waals surface area contributed by atoms with E-state index in [0.29, 0.717) is 6.61 Å². The number of anilines is 1. The minimum absolute atomic E-state index is 0.0874. The van der Waals surface area contributed by atoms with E-state index >= 15 is 0 Å². The molecule has 2 aliphatic heterocycles. The van der Waals surface area contributed by atoms with Crippen LogP contribution in [0.25, 0.3) is 16.7 Å². The molecule has 0 spiro atoms. The minimum atomic E-state index is -0.186. The van der Waals surface area contributed by atoms with Gasteiger partial charge in [0.15, 0.2) is 0 Å². The summed E-state index contributed by atoms with van der Waals surface area (Å²) in [5.41, 5.74) is 14.2. The van der Waals surface area contributed by atoms with Gasteiger partial charge in [-0.1, -0.05) is 66.7 Å². The summed E-state index contributed by atoms with van der Waals surface area (Å²) in [7, 11) is 0. The molecule has 2 atom stereocenters. The Morgan fingerprint density at radius 1 is 0.939 bits per heavy atom. The fourth-order valence-corrected chi connectivity index (χ4v) is 5.94. The first-order chi connectivity index (χ1) is 16.2. The van der Waals surface area contributed by atoms with Gasteiger partial charge in [0.25, 0.3) is 0 Å². The topological polar surface area (TPSA) is 55.6 Å². The number of piperidine rings is 1. The van der Waals surface area contributed by atoms with Crippen LogP contribution in [0, 0.1) is 0 Å². The molecule has 4 nitrogen and oxygen atoms in total. The molecule has 2 heterocycles. The number of nitrogens with two attached hydrogens (primary N) is 1. The standard InChI is InChI=1S/C29H28N2O2/c30-21-8-5-7-19(15-21)20-16-22-9-6-10-23(17-20)31(22)29(32)33-18-28-26-13-3-1-11-24(26)25-12-2-4-14-27(25)28/h1-5,7-8,11-16,22-23,28H,6,9-10,17-18,30H2. The van der Waals surface area contributed by atoms with E-state index in [0.717, 1.165) is 31.4 Å². The van der Waals surface area contributed by atoms with Crippen molar-refractivity contribution in [3.63, 3.8) is 0 Å². The molecule has 33 heavy (non-hydrogen) atoms. The molecule has 1 saturated heterocycles. The van der Waals surface area contributed by atoms with E-state index in [9.17, 15) is 4.79 Å². The second kappa shape index (κ2) is 8.11. The van der Waals surface area contributed by atoms with E-state index in [1.807, 2.05) is 23.1 Å². The Bertz CT molecular complexity index is 1200. The monoisotopic (exact) mass is 436 g/mol. The van der Waals surface area contributed by atoms with Gasteiger partial charge < -0.3 is 10.5 Å². The van der Waals surface area contributed by atoms with Crippen molar-refractivity contribution < 1.29 is 9.53 Å². The molecule has 1 amide bonds. The Morgan fingerprint density at radius 3 is 2.36 bits per heavy atom. The number of ether oxygens (including phenoxy) is 1. The van der Waals surface area contributed by atoms with Crippen LogP contribution in [0.1, 0.15) is 48.3 Å². The van der Waals surface area contributed by atoms with Crippen molar-refractivity contribution >= 4 is 17.4 Å². The summed E-state index contributed by atoms with van der Waals surface area (Å²) < 4.78 is 6.01. The number of hydrogen-bond donors (Lipinski definition) is 1. The van der Waals surface area contributed by atoms with Crippen LogP contribution in [0.4, 0.5) is 10.5 Å². The van der Waals surface area contributed by atoms with Crippen molar-refractivity contribution in [1.82, 2.24) is 4.90 Å². The molecule has 3 aromatic carbocycles. The summed E-state index contributed by atoms with van der Waals surface area (Å²) in [5.74, 6) is 0.0874. The Morgan fingerprint density at radius 2 is 1.67 bits per heavy atom. The third-order valence-corrected chi connectivity index (χ3v) is 7.44. The SMILES string of the molecule is Nc1cccc(C2=CC3CCCC(C2)N3C(=O)OCC2c3ccccc3-c3ccccc32)c1. The fourth-order valence-electron chi connectivity index (χ4n) is 5.94. The second-order valence-electron chi connectivity index (χ2n) is 9.38. The largest absolute Gasteiger partial charge is 0.448 e. The van der Waals surface area contributed by atoms with Crippen LogP contribution in [0.5, 0.6) is 0 Å². The van der Waals surface area contributed by atoms with Gasteiger partial charge in [0.1, 0.15) is 6.61 Å². The van der Waals surface area contributed by atoms with Gasteiger partial charge in [-0.25, -0.2) is 4.79 Å². The average molecular weight is 437 g/mol. The van der Waals surface area contributed by atoms with Crippen LogP contribution in [-0.4, -0.2) is 29.7 Å². The van der Waals surface area contributed by atoms with E-state index < -0.39 is 0 Å². The first kappa shape index (κ1) is 20.1. The zero-order valence-electron chi connectivity index (χ0n) is 18.6. The van der Waals surface area contributed by atoms with E-state index in [1.165, 1.54) is 33.4 Å². The second-order valence-corrected chi connectivity index (χ2v) is 9.38. The molecular weight excluding hydrogens is 408 g/mol. The van der Waals surface area contributed by atoms with Crippen LogP contribution in [0.2, 0.25) is 0 Å². The molecule has 166 valence electrons. The highest BCUT2D eigenvalue weighted by Crippen LogP contribution is 2.45. The number of nitrogen functional groups attached to an aromatic ring is 1. The van der Waals surface area contributed by atoms with Gasteiger partial charge in [-0.15, -0.1) is 0 Å². The van der Waals surface area contributed by atoms with E-state index in [4.69, 9.17) is 10.5 Å². The maximum atomic E-state index is 13.3.